The molecule has 1 amide bonds. The maximum atomic E-state index is 12.4. The van der Waals surface area contributed by atoms with Gasteiger partial charge >= 0.3 is 0 Å². The first-order valence-corrected chi connectivity index (χ1v) is 9.35. The van der Waals surface area contributed by atoms with E-state index >= 15 is 0 Å². The number of halogens is 2. The van der Waals surface area contributed by atoms with Crippen LogP contribution in [0.2, 0.25) is 10.0 Å². The minimum absolute atomic E-state index is 0.0472. The molecule has 0 heterocycles. The second kappa shape index (κ2) is 7.95. The third-order valence-corrected chi connectivity index (χ3v) is 5.18. The Labute approximate surface area is 155 Å². The first-order chi connectivity index (χ1) is 11.8. The van der Waals surface area contributed by atoms with E-state index in [0.717, 1.165) is 6.07 Å². The van der Waals surface area contributed by atoms with Crippen molar-refractivity contribution in [2.75, 3.05) is 13.7 Å². The van der Waals surface area contributed by atoms with Gasteiger partial charge in [0.2, 0.25) is 0 Å². The summed E-state index contributed by atoms with van der Waals surface area (Å²) in [6, 6.07) is 8.28. The lowest BCUT2D eigenvalue weighted by molar-refractivity contribution is 0.0981. The summed E-state index contributed by atoms with van der Waals surface area (Å²) in [6.07, 6.45) is 0. The van der Waals surface area contributed by atoms with Crippen LogP contribution < -0.4 is 14.2 Å². The van der Waals surface area contributed by atoms with Crippen molar-refractivity contribution in [2.45, 2.75) is 11.8 Å². The first kappa shape index (κ1) is 19.4. The molecule has 0 bridgehead atoms. The van der Waals surface area contributed by atoms with Crippen molar-refractivity contribution in [2.24, 2.45) is 0 Å². The average molecular weight is 404 g/mol. The van der Waals surface area contributed by atoms with Crippen LogP contribution in [0.4, 0.5) is 0 Å². The van der Waals surface area contributed by atoms with Crippen molar-refractivity contribution >= 4 is 39.1 Å². The fourth-order valence-corrected chi connectivity index (χ4v) is 3.74. The zero-order chi connectivity index (χ0) is 18.6. The molecule has 0 radical (unpaired) electrons. The highest BCUT2D eigenvalue weighted by molar-refractivity contribution is 7.90. The van der Waals surface area contributed by atoms with E-state index in [4.69, 9.17) is 32.7 Å². The first-order valence-electron chi connectivity index (χ1n) is 7.11. The lowest BCUT2D eigenvalue weighted by Gasteiger charge is -2.12. The van der Waals surface area contributed by atoms with Gasteiger partial charge < -0.3 is 9.47 Å². The highest BCUT2D eigenvalue weighted by Crippen LogP contribution is 2.29. The lowest BCUT2D eigenvalue weighted by atomic mass is 10.2. The van der Waals surface area contributed by atoms with Gasteiger partial charge in [-0.3, -0.25) is 4.79 Å². The van der Waals surface area contributed by atoms with Crippen LogP contribution in [-0.4, -0.2) is 28.0 Å². The van der Waals surface area contributed by atoms with E-state index in [1.165, 1.54) is 37.4 Å². The molecule has 0 spiro atoms. The quantitative estimate of drug-likeness (QED) is 0.797. The number of carbonyl (C=O) groups is 1. The maximum Gasteiger partial charge on any atom is 0.265 e. The Kier molecular flexibility index (Phi) is 6.16. The molecule has 2 rings (SSSR count). The van der Waals surface area contributed by atoms with Gasteiger partial charge in [-0.25, -0.2) is 13.1 Å². The van der Waals surface area contributed by atoms with Crippen molar-refractivity contribution in [1.29, 1.82) is 0 Å². The minimum atomic E-state index is -4.19. The number of nitrogens with one attached hydrogen (secondary N) is 1. The zero-order valence-electron chi connectivity index (χ0n) is 13.4. The zero-order valence-corrected chi connectivity index (χ0v) is 15.7. The normalized spacial score (nSPS) is 11.0. The summed E-state index contributed by atoms with van der Waals surface area (Å²) in [5.74, 6) is -0.0765. The number of carbonyl (C=O) groups excluding carboxylic acids is 1. The van der Waals surface area contributed by atoms with Gasteiger partial charge in [0.15, 0.2) is 11.5 Å². The van der Waals surface area contributed by atoms with Gasteiger partial charge in [-0.1, -0.05) is 23.2 Å². The maximum absolute atomic E-state index is 12.4. The fraction of sp³-hybridized carbons (Fsp3) is 0.188. The molecule has 6 nitrogen and oxygen atoms in total. The summed E-state index contributed by atoms with van der Waals surface area (Å²) in [4.78, 5) is 12.0. The summed E-state index contributed by atoms with van der Waals surface area (Å²) in [6.45, 7) is 2.23. The number of hydrogen-bond acceptors (Lipinski definition) is 5. The van der Waals surface area contributed by atoms with E-state index in [0.29, 0.717) is 18.1 Å². The smallest absolute Gasteiger partial charge is 0.265 e. The minimum Gasteiger partial charge on any atom is -0.493 e. The SMILES string of the molecule is CCOc1ccc(C(=O)NS(=O)(=O)c2cc(Cl)ccc2Cl)cc1OC. The molecule has 25 heavy (non-hydrogen) atoms. The molecule has 0 saturated carbocycles. The van der Waals surface area contributed by atoms with Crippen molar-refractivity contribution in [3.63, 3.8) is 0 Å². The number of sulfonamides is 1. The molecule has 134 valence electrons. The van der Waals surface area contributed by atoms with Gasteiger partial charge in [0.25, 0.3) is 15.9 Å². The van der Waals surface area contributed by atoms with Crippen LogP contribution in [0.25, 0.3) is 0 Å². The standard InChI is InChI=1S/C16H15Cl2NO5S/c1-3-24-13-7-4-10(8-14(13)23-2)16(20)19-25(21,22)15-9-11(17)5-6-12(15)18/h4-9H,3H2,1-2H3,(H,19,20). The summed E-state index contributed by atoms with van der Waals surface area (Å²) in [7, 11) is -2.77. The molecule has 2 aromatic rings. The molecule has 0 aliphatic heterocycles. The summed E-state index contributed by atoms with van der Waals surface area (Å²) < 4.78 is 37.2. The molecule has 0 fully saturated rings. The monoisotopic (exact) mass is 403 g/mol. The summed E-state index contributed by atoms with van der Waals surface area (Å²) >= 11 is 11.7. The van der Waals surface area contributed by atoms with Gasteiger partial charge in [0.05, 0.1) is 18.7 Å². The van der Waals surface area contributed by atoms with E-state index in [1.807, 2.05) is 4.72 Å². The highest BCUT2D eigenvalue weighted by Gasteiger charge is 2.22. The number of rotatable bonds is 6. The third kappa shape index (κ3) is 4.56. The van der Waals surface area contributed by atoms with Crippen LogP contribution in [0.15, 0.2) is 41.3 Å². The lowest BCUT2D eigenvalue weighted by Crippen LogP contribution is -2.30. The number of hydrogen-bond donors (Lipinski definition) is 1. The van der Waals surface area contributed by atoms with Crippen LogP contribution in [0, 0.1) is 0 Å². The Bertz CT molecular complexity index is 899. The Hall–Kier alpha value is -1.96. The molecule has 0 aromatic heterocycles. The van der Waals surface area contributed by atoms with Crippen molar-refractivity contribution < 1.29 is 22.7 Å². The number of amides is 1. The molecule has 1 N–H and O–H groups in total. The molecule has 0 unspecified atom stereocenters. The van der Waals surface area contributed by atoms with E-state index in [1.54, 1.807) is 6.92 Å². The highest BCUT2D eigenvalue weighted by atomic mass is 35.5. The van der Waals surface area contributed by atoms with Crippen LogP contribution in [0.5, 0.6) is 11.5 Å². The van der Waals surface area contributed by atoms with Crippen molar-refractivity contribution in [3.05, 3.63) is 52.0 Å². The van der Waals surface area contributed by atoms with E-state index in [2.05, 4.69) is 0 Å². The van der Waals surface area contributed by atoms with E-state index in [-0.39, 0.29) is 20.5 Å². The predicted octanol–water partition coefficient (Wildman–Crippen LogP) is 3.52. The Balaban J connectivity index is 2.31. The number of ether oxygens (including phenoxy) is 2. The summed E-state index contributed by atoms with van der Waals surface area (Å²) in [5, 5.41) is 0.133. The van der Waals surface area contributed by atoms with Gasteiger partial charge in [0, 0.05) is 10.6 Å². The topological polar surface area (TPSA) is 81.7 Å². The molecule has 0 saturated heterocycles. The Morgan fingerprint density at radius 3 is 2.48 bits per heavy atom. The Morgan fingerprint density at radius 1 is 1.12 bits per heavy atom. The van der Waals surface area contributed by atoms with E-state index < -0.39 is 15.9 Å². The molecule has 2 aromatic carbocycles. The second-order valence-electron chi connectivity index (χ2n) is 4.81. The van der Waals surface area contributed by atoms with Crippen LogP contribution in [0.3, 0.4) is 0 Å². The fourth-order valence-electron chi connectivity index (χ4n) is 2.00. The molecule has 0 atom stereocenters. The predicted molar refractivity (Wildman–Crippen MR) is 95.3 cm³/mol. The molecular formula is C16H15Cl2NO5S. The van der Waals surface area contributed by atoms with E-state index in [9.17, 15) is 13.2 Å². The van der Waals surface area contributed by atoms with Crippen LogP contribution in [-0.2, 0) is 10.0 Å². The molecule has 9 heteroatoms. The largest absolute Gasteiger partial charge is 0.493 e. The number of methoxy groups -OCH3 is 1. The Morgan fingerprint density at radius 2 is 1.84 bits per heavy atom. The van der Waals surface area contributed by atoms with Crippen molar-refractivity contribution in [3.8, 4) is 11.5 Å². The van der Waals surface area contributed by atoms with Crippen LogP contribution in [0.1, 0.15) is 17.3 Å². The van der Waals surface area contributed by atoms with Gasteiger partial charge in [-0.05, 0) is 43.3 Å². The molecule has 0 aliphatic carbocycles. The molecule has 0 aliphatic rings. The van der Waals surface area contributed by atoms with Gasteiger partial charge in [-0.2, -0.15) is 0 Å². The number of benzene rings is 2. The molecular weight excluding hydrogens is 389 g/mol. The van der Waals surface area contributed by atoms with Crippen LogP contribution >= 0.6 is 23.2 Å². The van der Waals surface area contributed by atoms with Gasteiger partial charge in [0.1, 0.15) is 4.90 Å². The third-order valence-electron chi connectivity index (χ3n) is 3.14. The summed E-state index contributed by atoms with van der Waals surface area (Å²) in [5.41, 5.74) is 0.0852. The van der Waals surface area contributed by atoms with Crippen molar-refractivity contribution in [1.82, 2.24) is 4.72 Å². The van der Waals surface area contributed by atoms with Gasteiger partial charge in [-0.15, -0.1) is 0 Å². The average Bonchev–Trinajstić information content (AvgIpc) is 2.57. The second-order valence-corrected chi connectivity index (χ2v) is 7.30.